The topological polar surface area (TPSA) is 40.6 Å². The maximum atomic E-state index is 5.20. The smallest absolute Gasteiger partial charge is 0.160 e. The first-order valence-electron chi connectivity index (χ1n) is 21.4. The normalized spacial score (nSPS) is 11.8. The van der Waals surface area contributed by atoms with Crippen molar-refractivity contribution >= 4 is 65.4 Å². The van der Waals surface area contributed by atoms with Crippen molar-refractivity contribution in [3.8, 4) is 51.0 Å². The summed E-state index contributed by atoms with van der Waals surface area (Å²) in [4.78, 5) is 10.3. The molecule has 0 fully saturated rings. The molecule has 0 atom stereocenters. The molecule has 9 aromatic carbocycles. The average molecular weight is 804 g/mol. The summed E-state index contributed by atoms with van der Waals surface area (Å²) >= 11 is 0. The van der Waals surface area contributed by atoms with E-state index in [1.165, 1.54) is 54.4 Å². The number of nitrogens with zero attached hydrogens (tertiary/aromatic N) is 5. The maximum absolute atomic E-state index is 5.20. The van der Waals surface area contributed by atoms with E-state index >= 15 is 0 Å². The van der Waals surface area contributed by atoms with Gasteiger partial charge in [-0.25, -0.2) is 9.97 Å². The van der Waals surface area contributed by atoms with Crippen molar-refractivity contribution in [1.29, 1.82) is 0 Å². The van der Waals surface area contributed by atoms with Gasteiger partial charge in [-0.3, -0.25) is 0 Å². The van der Waals surface area contributed by atoms with Crippen molar-refractivity contribution < 1.29 is 0 Å². The SMILES string of the molecule is c1ccc(-c2cc(-c3ccc4c5ccc(-n6c7ccccc7c7c6ccc6c8ccccc8n(-c8ccccc8)c67)cc5n(-c5ccccc5)c4c3)nc(-c3ccccc3)n2)cc1. The average Bonchev–Trinajstić information content (AvgIpc) is 4.00. The van der Waals surface area contributed by atoms with Crippen LogP contribution in [0.5, 0.6) is 0 Å². The van der Waals surface area contributed by atoms with Crippen molar-refractivity contribution in [3.63, 3.8) is 0 Å². The van der Waals surface area contributed by atoms with Crippen LogP contribution in [-0.2, 0) is 0 Å². The minimum Gasteiger partial charge on any atom is -0.309 e. The van der Waals surface area contributed by atoms with Crippen LogP contribution in [0.1, 0.15) is 0 Å². The molecule has 5 heteroatoms. The summed E-state index contributed by atoms with van der Waals surface area (Å²) < 4.78 is 7.31. The summed E-state index contributed by atoms with van der Waals surface area (Å²) in [5, 5.41) is 7.33. The zero-order valence-corrected chi connectivity index (χ0v) is 34.1. The van der Waals surface area contributed by atoms with Gasteiger partial charge in [-0.05, 0) is 66.7 Å². The fourth-order valence-electron chi connectivity index (χ4n) is 9.86. The minimum absolute atomic E-state index is 0.702. The van der Waals surface area contributed by atoms with Gasteiger partial charge in [-0.1, -0.05) is 158 Å². The first-order chi connectivity index (χ1) is 31.3. The molecule has 0 spiro atoms. The van der Waals surface area contributed by atoms with Crippen LogP contribution in [0.3, 0.4) is 0 Å². The standard InChI is InChI=1S/C58H37N5/c1-5-17-38(18-6-1)49-37-50(60-58(59-49)39-19-7-2-8-20-39)40-29-31-45-46-32-30-43(36-55(46)61(54(45)35-40)41-21-9-3-10-22-41)62-52-28-16-14-26-48(52)56-53(62)34-33-47-44-25-13-15-27-51(44)63(57(47)56)42-23-11-4-12-24-42/h1-37H. The molecule has 4 heterocycles. The van der Waals surface area contributed by atoms with Gasteiger partial charge in [-0.15, -0.1) is 0 Å². The first-order valence-corrected chi connectivity index (χ1v) is 21.4. The number of benzene rings is 9. The van der Waals surface area contributed by atoms with E-state index in [0.717, 1.165) is 56.2 Å². The first kappa shape index (κ1) is 35.2. The Morgan fingerprint density at radius 1 is 0.270 bits per heavy atom. The zero-order valence-electron chi connectivity index (χ0n) is 34.1. The molecule has 0 aliphatic heterocycles. The monoisotopic (exact) mass is 803 g/mol. The predicted molar refractivity (Wildman–Crippen MR) is 261 cm³/mol. The minimum atomic E-state index is 0.702. The fourth-order valence-corrected chi connectivity index (χ4v) is 9.86. The molecular weight excluding hydrogens is 767 g/mol. The van der Waals surface area contributed by atoms with Gasteiger partial charge in [0.2, 0.25) is 0 Å². The number of hydrogen-bond acceptors (Lipinski definition) is 2. The van der Waals surface area contributed by atoms with Crippen LogP contribution >= 0.6 is 0 Å². The Hall–Kier alpha value is -8.54. The maximum Gasteiger partial charge on any atom is 0.160 e. The molecule has 0 radical (unpaired) electrons. The summed E-state index contributed by atoms with van der Waals surface area (Å²) in [6.45, 7) is 0. The zero-order chi connectivity index (χ0) is 41.4. The second-order valence-corrected chi connectivity index (χ2v) is 16.2. The lowest BCUT2D eigenvalue weighted by atomic mass is 10.0. The van der Waals surface area contributed by atoms with Gasteiger partial charge < -0.3 is 13.7 Å². The number of aromatic nitrogens is 5. The van der Waals surface area contributed by atoms with Gasteiger partial charge in [0.15, 0.2) is 5.82 Å². The molecule has 63 heavy (non-hydrogen) atoms. The highest BCUT2D eigenvalue weighted by molar-refractivity contribution is 6.26. The molecule has 13 aromatic rings. The van der Waals surface area contributed by atoms with Gasteiger partial charge in [0.05, 0.1) is 44.5 Å². The largest absolute Gasteiger partial charge is 0.309 e. The third-order valence-corrected chi connectivity index (χ3v) is 12.6. The molecular formula is C58H37N5. The number of rotatable bonds is 6. The van der Waals surface area contributed by atoms with Crippen LogP contribution in [0.2, 0.25) is 0 Å². The molecule has 0 saturated carbocycles. The molecule has 0 aliphatic rings. The lowest BCUT2D eigenvalue weighted by Crippen LogP contribution is -1.98. The Labute approximate surface area is 363 Å². The van der Waals surface area contributed by atoms with E-state index in [1.54, 1.807) is 0 Å². The summed E-state index contributed by atoms with van der Waals surface area (Å²) in [6, 6.07) is 80.2. The van der Waals surface area contributed by atoms with Crippen molar-refractivity contribution in [2.45, 2.75) is 0 Å². The van der Waals surface area contributed by atoms with Crippen molar-refractivity contribution in [3.05, 3.63) is 224 Å². The van der Waals surface area contributed by atoms with E-state index in [1.807, 2.05) is 24.3 Å². The van der Waals surface area contributed by atoms with E-state index in [-0.39, 0.29) is 0 Å². The van der Waals surface area contributed by atoms with E-state index in [2.05, 4.69) is 214 Å². The Balaban J connectivity index is 1.06. The molecule has 0 saturated heterocycles. The Morgan fingerprint density at radius 2 is 0.762 bits per heavy atom. The summed E-state index contributed by atoms with van der Waals surface area (Å²) in [6.07, 6.45) is 0. The molecule has 0 unspecified atom stereocenters. The third kappa shape index (κ3) is 5.50. The van der Waals surface area contributed by atoms with E-state index < -0.39 is 0 Å². The predicted octanol–water partition coefficient (Wildman–Crippen LogP) is 14.8. The van der Waals surface area contributed by atoms with E-state index in [9.17, 15) is 0 Å². The highest BCUT2D eigenvalue weighted by Crippen LogP contribution is 2.43. The summed E-state index contributed by atoms with van der Waals surface area (Å²) in [7, 11) is 0. The van der Waals surface area contributed by atoms with Gasteiger partial charge in [0, 0.05) is 66.1 Å². The molecule has 0 bridgehead atoms. The van der Waals surface area contributed by atoms with Gasteiger partial charge in [0.1, 0.15) is 0 Å². The summed E-state index contributed by atoms with van der Waals surface area (Å²) in [5.74, 6) is 0.702. The van der Waals surface area contributed by atoms with Crippen LogP contribution in [0.4, 0.5) is 0 Å². The van der Waals surface area contributed by atoms with Crippen LogP contribution in [-0.4, -0.2) is 23.7 Å². The molecule has 5 nitrogen and oxygen atoms in total. The van der Waals surface area contributed by atoms with Gasteiger partial charge in [0.25, 0.3) is 0 Å². The number of hydrogen-bond donors (Lipinski definition) is 0. The van der Waals surface area contributed by atoms with Crippen LogP contribution in [0.15, 0.2) is 224 Å². The van der Waals surface area contributed by atoms with Gasteiger partial charge in [-0.2, -0.15) is 0 Å². The number of fused-ring (bicyclic) bond motifs is 10. The molecule has 13 rings (SSSR count). The summed E-state index contributed by atoms with van der Waals surface area (Å²) in [5.41, 5.74) is 15.2. The van der Waals surface area contributed by atoms with Crippen LogP contribution < -0.4 is 0 Å². The van der Waals surface area contributed by atoms with Crippen LogP contribution in [0.25, 0.3) is 116 Å². The molecule has 294 valence electrons. The molecule has 0 aliphatic carbocycles. The fraction of sp³-hybridized carbons (Fsp3) is 0. The number of para-hydroxylation sites is 4. The molecule has 0 N–H and O–H groups in total. The Kier molecular flexibility index (Phi) is 7.84. The lowest BCUT2D eigenvalue weighted by Gasteiger charge is -2.12. The third-order valence-electron chi connectivity index (χ3n) is 12.6. The Bertz CT molecular complexity index is 3820. The lowest BCUT2D eigenvalue weighted by molar-refractivity contribution is 1.15. The highest BCUT2D eigenvalue weighted by Gasteiger charge is 2.22. The van der Waals surface area contributed by atoms with Gasteiger partial charge >= 0.3 is 0 Å². The quantitative estimate of drug-likeness (QED) is 0.168. The molecule has 0 amide bonds. The van der Waals surface area contributed by atoms with Crippen molar-refractivity contribution in [2.24, 2.45) is 0 Å². The van der Waals surface area contributed by atoms with Crippen molar-refractivity contribution in [2.75, 3.05) is 0 Å². The Morgan fingerprint density at radius 3 is 1.46 bits per heavy atom. The van der Waals surface area contributed by atoms with E-state index in [0.29, 0.717) is 5.82 Å². The second-order valence-electron chi connectivity index (χ2n) is 16.2. The highest BCUT2D eigenvalue weighted by atomic mass is 15.0. The van der Waals surface area contributed by atoms with Crippen molar-refractivity contribution in [1.82, 2.24) is 23.7 Å². The van der Waals surface area contributed by atoms with E-state index in [4.69, 9.17) is 9.97 Å². The molecule has 4 aromatic heterocycles. The van der Waals surface area contributed by atoms with Crippen LogP contribution in [0, 0.1) is 0 Å². The second kappa shape index (κ2) is 14.0.